The van der Waals surface area contributed by atoms with Crippen LogP contribution in [0.25, 0.3) is 0 Å². The molecule has 4 nitrogen and oxygen atoms in total. The Morgan fingerprint density at radius 1 is 0.400 bits per heavy atom. The van der Waals surface area contributed by atoms with Crippen LogP contribution in [0.4, 0.5) is 22.7 Å². The van der Waals surface area contributed by atoms with Gasteiger partial charge in [0.25, 0.3) is 0 Å². The monoisotopic (exact) mass is 396 g/mol. The molecule has 0 aromatic heterocycles. The lowest BCUT2D eigenvalue weighted by molar-refractivity contribution is 1.19. The predicted octanol–water partition coefficient (Wildman–Crippen LogP) is 4.88. The van der Waals surface area contributed by atoms with E-state index < -0.39 is 0 Å². The van der Waals surface area contributed by atoms with Gasteiger partial charge < -0.3 is 22.9 Å². The van der Waals surface area contributed by atoms with Crippen LogP contribution in [-0.2, 0) is 12.8 Å². The van der Waals surface area contributed by atoms with Gasteiger partial charge in [-0.15, -0.1) is 0 Å². The minimum absolute atomic E-state index is 0.791. The first-order valence-electron chi connectivity index (χ1n) is 9.87. The second-order valence-electron chi connectivity index (χ2n) is 7.23. The van der Waals surface area contributed by atoms with E-state index in [1.54, 1.807) is 0 Å². The molecule has 0 heterocycles. The second-order valence-corrected chi connectivity index (χ2v) is 7.23. The van der Waals surface area contributed by atoms with Crippen molar-refractivity contribution in [3.63, 3.8) is 0 Å². The largest absolute Gasteiger partial charge is 0.399 e. The Morgan fingerprint density at radius 3 is 1.13 bits per heavy atom. The molecule has 0 radical (unpaired) electrons. The van der Waals surface area contributed by atoms with Gasteiger partial charge in [0.05, 0.1) is 0 Å². The third kappa shape index (κ3) is 6.04. The minimum Gasteiger partial charge on any atom is -0.399 e. The summed E-state index contributed by atoms with van der Waals surface area (Å²) >= 11 is 0. The van der Waals surface area contributed by atoms with Crippen molar-refractivity contribution in [1.82, 2.24) is 0 Å². The molecule has 152 valence electrons. The molecule has 4 aromatic carbocycles. The smallest absolute Gasteiger partial charge is 0.0349 e. The van der Waals surface area contributed by atoms with Crippen molar-refractivity contribution in [2.75, 3.05) is 22.9 Å². The Morgan fingerprint density at radius 2 is 0.767 bits per heavy atom. The summed E-state index contributed by atoms with van der Waals surface area (Å²) in [7, 11) is 0. The van der Waals surface area contributed by atoms with Crippen molar-refractivity contribution in [1.29, 1.82) is 0 Å². The number of anilines is 4. The molecule has 30 heavy (non-hydrogen) atoms. The topological polar surface area (TPSA) is 104 Å². The SMILES string of the molecule is Nc1ccc(Cc2ccc(N)cc2)cc1.Nc1ccccc1Cc1ccccc1N. The maximum atomic E-state index is 5.88. The number of benzene rings is 4. The first kappa shape index (κ1) is 20.8. The van der Waals surface area contributed by atoms with Crippen LogP contribution in [0.2, 0.25) is 0 Å². The molecule has 0 bridgehead atoms. The fourth-order valence-electron chi connectivity index (χ4n) is 3.10. The molecule has 0 saturated heterocycles. The highest BCUT2D eigenvalue weighted by molar-refractivity contribution is 5.54. The van der Waals surface area contributed by atoms with Gasteiger partial charge in [0.15, 0.2) is 0 Å². The summed E-state index contributed by atoms with van der Waals surface area (Å²) in [5.74, 6) is 0. The highest BCUT2D eigenvalue weighted by Gasteiger charge is 2.02. The van der Waals surface area contributed by atoms with Gasteiger partial charge in [0, 0.05) is 29.2 Å². The molecule has 0 amide bonds. The average molecular weight is 397 g/mol. The van der Waals surface area contributed by atoms with E-state index in [2.05, 4.69) is 0 Å². The number of nitrogen functional groups attached to an aromatic ring is 4. The maximum absolute atomic E-state index is 5.88. The molecule has 0 aliphatic rings. The van der Waals surface area contributed by atoms with Crippen molar-refractivity contribution < 1.29 is 0 Å². The summed E-state index contributed by atoms with van der Waals surface area (Å²) in [6.45, 7) is 0. The molecular weight excluding hydrogens is 368 g/mol. The molecule has 4 aromatic rings. The molecule has 4 heteroatoms. The normalized spacial score (nSPS) is 10.1. The van der Waals surface area contributed by atoms with Crippen LogP contribution in [-0.4, -0.2) is 0 Å². The molecule has 0 saturated carbocycles. The first-order valence-corrected chi connectivity index (χ1v) is 9.87. The summed E-state index contributed by atoms with van der Waals surface area (Å²) in [6, 6.07) is 31.6. The number of para-hydroxylation sites is 2. The molecule has 0 spiro atoms. The van der Waals surface area contributed by atoms with E-state index in [0.29, 0.717) is 0 Å². The Hall–Kier alpha value is -3.92. The van der Waals surface area contributed by atoms with Gasteiger partial charge in [-0.05, 0) is 65.1 Å². The summed E-state index contributed by atoms with van der Waals surface area (Å²) < 4.78 is 0. The molecule has 0 unspecified atom stereocenters. The first-order chi connectivity index (χ1) is 14.5. The van der Waals surface area contributed by atoms with E-state index in [9.17, 15) is 0 Å². The van der Waals surface area contributed by atoms with E-state index in [4.69, 9.17) is 22.9 Å². The van der Waals surface area contributed by atoms with Gasteiger partial charge in [0.1, 0.15) is 0 Å². The molecule has 0 aliphatic carbocycles. The van der Waals surface area contributed by atoms with Crippen LogP contribution in [0, 0.1) is 0 Å². The van der Waals surface area contributed by atoms with Gasteiger partial charge in [-0.1, -0.05) is 60.7 Å². The highest BCUT2D eigenvalue weighted by atomic mass is 14.6. The quantitative estimate of drug-likeness (QED) is 0.369. The molecule has 0 fully saturated rings. The van der Waals surface area contributed by atoms with Crippen LogP contribution in [0.15, 0.2) is 97.1 Å². The Labute approximate surface area is 178 Å². The van der Waals surface area contributed by atoms with E-state index in [1.165, 1.54) is 11.1 Å². The third-order valence-electron chi connectivity index (χ3n) is 4.86. The molecule has 0 atom stereocenters. The van der Waals surface area contributed by atoms with Gasteiger partial charge in [-0.3, -0.25) is 0 Å². The van der Waals surface area contributed by atoms with Gasteiger partial charge in [0.2, 0.25) is 0 Å². The van der Waals surface area contributed by atoms with Crippen molar-refractivity contribution in [2.45, 2.75) is 12.8 Å². The summed E-state index contributed by atoms with van der Waals surface area (Å²) in [4.78, 5) is 0. The van der Waals surface area contributed by atoms with Crippen molar-refractivity contribution >= 4 is 22.7 Å². The van der Waals surface area contributed by atoms with Gasteiger partial charge >= 0.3 is 0 Å². The third-order valence-corrected chi connectivity index (χ3v) is 4.86. The van der Waals surface area contributed by atoms with Crippen molar-refractivity contribution in [3.05, 3.63) is 119 Å². The van der Waals surface area contributed by atoms with Crippen molar-refractivity contribution in [3.8, 4) is 0 Å². The summed E-state index contributed by atoms with van der Waals surface area (Å²) in [5, 5.41) is 0. The van der Waals surface area contributed by atoms with E-state index in [-0.39, 0.29) is 0 Å². The summed E-state index contributed by atoms with van der Waals surface area (Å²) in [6.07, 6.45) is 1.71. The van der Waals surface area contributed by atoms with Crippen LogP contribution < -0.4 is 22.9 Å². The van der Waals surface area contributed by atoms with Crippen LogP contribution >= 0.6 is 0 Å². The molecule has 0 aliphatic heterocycles. The number of nitrogens with two attached hydrogens (primary N) is 4. The highest BCUT2D eigenvalue weighted by Crippen LogP contribution is 2.19. The second kappa shape index (κ2) is 10.0. The lowest BCUT2D eigenvalue weighted by Crippen LogP contribution is -1.98. The lowest BCUT2D eigenvalue weighted by atomic mass is 10.0. The standard InChI is InChI=1S/2C13H14N2/c14-12-5-1-10(2-6-12)9-11-3-7-13(15)8-4-11;14-12-7-3-1-5-10(12)9-11-6-2-4-8-13(11)15/h2*1-8H,9,14-15H2. The number of hydrogen-bond acceptors (Lipinski definition) is 4. The average Bonchev–Trinajstić information content (AvgIpc) is 2.75. The minimum atomic E-state index is 0.791. The van der Waals surface area contributed by atoms with E-state index >= 15 is 0 Å². The van der Waals surface area contributed by atoms with Crippen LogP contribution in [0.3, 0.4) is 0 Å². The van der Waals surface area contributed by atoms with Crippen molar-refractivity contribution in [2.24, 2.45) is 0 Å². The van der Waals surface area contributed by atoms with Gasteiger partial charge in [-0.2, -0.15) is 0 Å². The summed E-state index contributed by atoms with van der Waals surface area (Å²) in [5.41, 5.74) is 31.0. The zero-order valence-electron chi connectivity index (χ0n) is 17.0. The number of hydrogen-bond donors (Lipinski definition) is 4. The lowest BCUT2D eigenvalue weighted by Gasteiger charge is -2.07. The predicted molar refractivity (Wildman–Crippen MR) is 129 cm³/mol. The Bertz CT molecular complexity index is 984. The molecular formula is C26H28N4. The molecule has 8 N–H and O–H groups in total. The fourth-order valence-corrected chi connectivity index (χ4v) is 3.10. The maximum Gasteiger partial charge on any atom is 0.0349 e. The zero-order valence-corrected chi connectivity index (χ0v) is 17.0. The molecule has 4 rings (SSSR count). The van der Waals surface area contributed by atoms with E-state index in [0.717, 1.165) is 46.7 Å². The Kier molecular flexibility index (Phi) is 6.95. The fraction of sp³-hybridized carbons (Fsp3) is 0.0769. The van der Waals surface area contributed by atoms with Crippen LogP contribution in [0.5, 0.6) is 0 Å². The van der Waals surface area contributed by atoms with E-state index in [1.807, 2.05) is 97.1 Å². The van der Waals surface area contributed by atoms with Crippen LogP contribution in [0.1, 0.15) is 22.3 Å². The Balaban J connectivity index is 0.000000171. The zero-order chi connectivity index (χ0) is 21.3. The number of rotatable bonds is 4. The van der Waals surface area contributed by atoms with Gasteiger partial charge in [-0.25, -0.2) is 0 Å².